The van der Waals surface area contributed by atoms with Gasteiger partial charge in [-0.1, -0.05) is 39.5 Å². The van der Waals surface area contributed by atoms with E-state index >= 15 is 0 Å². The third-order valence-corrected chi connectivity index (χ3v) is 3.80. The molecule has 0 aromatic rings. The van der Waals surface area contributed by atoms with E-state index in [1.807, 2.05) is 13.8 Å². The van der Waals surface area contributed by atoms with Crippen molar-refractivity contribution in [2.75, 3.05) is 6.54 Å². The monoisotopic (exact) mass is 328 g/mol. The number of carboxylic acid groups (broad SMARTS) is 1. The minimum Gasteiger partial charge on any atom is -0.480 e. The Morgan fingerprint density at radius 1 is 0.913 bits per heavy atom. The first-order valence-electron chi connectivity index (χ1n) is 8.77. The third-order valence-electron chi connectivity index (χ3n) is 3.80. The number of unbranched alkanes of at least 4 members (excludes halogenated alkanes) is 4. The first-order valence-corrected chi connectivity index (χ1v) is 8.77. The number of carbonyl (C=O) groups is 3. The number of carboxylic acids is 1. The molecule has 0 aromatic heterocycles. The van der Waals surface area contributed by atoms with Crippen LogP contribution in [0.15, 0.2) is 0 Å². The highest BCUT2D eigenvalue weighted by Gasteiger charge is 2.33. The van der Waals surface area contributed by atoms with E-state index in [-0.39, 0.29) is 31.1 Å². The highest BCUT2D eigenvalue weighted by Crippen LogP contribution is 2.15. The molecule has 3 N–H and O–H groups in total. The number of hydrogen-bond acceptors (Lipinski definition) is 4. The Balaban J connectivity index is 5.03. The van der Waals surface area contributed by atoms with E-state index in [0.717, 1.165) is 30.6 Å². The van der Waals surface area contributed by atoms with Gasteiger partial charge in [-0.05, 0) is 32.2 Å². The number of aliphatic carboxylic acids is 1. The van der Waals surface area contributed by atoms with Crippen LogP contribution in [-0.4, -0.2) is 40.4 Å². The molecule has 6 nitrogen and oxygen atoms in total. The Hall–Kier alpha value is -1.43. The normalized spacial score (nSPS) is 12.0. The molecule has 23 heavy (non-hydrogen) atoms. The van der Waals surface area contributed by atoms with Crippen molar-refractivity contribution in [3.8, 4) is 0 Å². The topological polar surface area (TPSA) is 101 Å². The lowest BCUT2D eigenvalue weighted by Gasteiger charge is -2.27. The smallest absolute Gasteiger partial charge is 0.326 e. The van der Waals surface area contributed by atoms with Gasteiger partial charge in [0, 0.05) is 12.8 Å². The van der Waals surface area contributed by atoms with Crippen molar-refractivity contribution >= 4 is 17.8 Å². The second-order valence-corrected chi connectivity index (χ2v) is 5.86. The summed E-state index contributed by atoms with van der Waals surface area (Å²) in [5.41, 5.74) is 5.44. The number of hydrogen-bond donors (Lipinski definition) is 2. The summed E-state index contributed by atoms with van der Waals surface area (Å²) >= 11 is 0. The van der Waals surface area contributed by atoms with E-state index in [2.05, 4.69) is 0 Å². The van der Waals surface area contributed by atoms with E-state index in [1.165, 1.54) is 0 Å². The fourth-order valence-corrected chi connectivity index (χ4v) is 2.45. The predicted molar refractivity (Wildman–Crippen MR) is 89.8 cm³/mol. The maximum absolute atomic E-state index is 12.4. The standard InChI is InChI=1S/C17H32N2O4/c1-3-5-7-11-15(20)19(16(21)12-8-6-4-2)14(17(22)23)10-9-13-18/h14H,3-13,18H2,1-2H3,(H,22,23). The number of nitrogens with two attached hydrogens (primary N) is 1. The summed E-state index contributed by atoms with van der Waals surface area (Å²) in [6.45, 7) is 4.39. The van der Waals surface area contributed by atoms with Crippen molar-refractivity contribution in [1.29, 1.82) is 0 Å². The number of rotatable bonds is 13. The van der Waals surface area contributed by atoms with Gasteiger partial charge in [0.1, 0.15) is 6.04 Å². The Morgan fingerprint density at radius 2 is 1.39 bits per heavy atom. The number of carbonyl (C=O) groups excluding carboxylic acids is 2. The highest BCUT2D eigenvalue weighted by molar-refractivity contribution is 5.99. The zero-order valence-electron chi connectivity index (χ0n) is 14.6. The van der Waals surface area contributed by atoms with Gasteiger partial charge in [-0.3, -0.25) is 14.5 Å². The molecule has 0 spiro atoms. The molecule has 0 bridgehead atoms. The second-order valence-electron chi connectivity index (χ2n) is 5.86. The molecule has 134 valence electrons. The van der Waals surface area contributed by atoms with Gasteiger partial charge < -0.3 is 10.8 Å². The summed E-state index contributed by atoms with van der Waals surface area (Å²) in [5, 5.41) is 9.42. The fraction of sp³-hybridized carbons (Fsp3) is 0.824. The zero-order valence-corrected chi connectivity index (χ0v) is 14.6. The molecule has 2 amide bonds. The summed E-state index contributed by atoms with van der Waals surface area (Å²) in [6.07, 6.45) is 6.20. The minimum absolute atomic E-state index is 0.213. The van der Waals surface area contributed by atoms with Gasteiger partial charge in [0.25, 0.3) is 0 Å². The molecule has 0 aliphatic carbocycles. The van der Waals surface area contributed by atoms with E-state index in [4.69, 9.17) is 5.73 Å². The lowest BCUT2D eigenvalue weighted by molar-refractivity contribution is -0.158. The van der Waals surface area contributed by atoms with E-state index in [9.17, 15) is 19.5 Å². The molecule has 0 aromatic carbocycles. The highest BCUT2D eigenvalue weighted by atomic mass is 16.4. The number of amides is 2. The largest absolute Gasteiger partial charge is 0.480 e. The van der Waals surface area contributed by atoms with Crippen molar-refractivity contribution < 1.29 is 19.5 Å². The van der Waals surface area contributed by atoms with Crippen LogP contribution in [0.3, 0.4) is 0 Å². The second kappa shape index (κ2) is 13.0. The minimum atomic E-state index is -1.13. The van der Waals surface area contributed by atoms with Crippen LogP contribution < -0.4 is 5.73 Å². The molecule has 0 fully saturated rings. The van der Waals surface area contributed by atoms with Crippen LogP contribution in [0.1, 0.15) is 78.1 Å². The van der Waals surface area contributed by atoms with Crippen LogP contribution >= 0.6 is 0 Å². The van der Waals surface area contributed by atoms with Crippen molar-refractivity contribution in [3.63, 3.8) is 0 Å². The Kier molecular flexibility index (Phi) is 12.2. The van der Waals surface area contributed by atoms with Gasteiger partial charge in [0.2, 0.25) is 11.8 Å². The van der Waals surface area contributed by atoms with Crippen molar-refractivity contribution in [3.05, 3.63) is 0 Å². The van der Waals surface area contributed by atoms with Crippen LogP contribution in [0.5, 0.6) is 0 Å². The Bertz CT molecular complexity index is 350. The molecular weight excluding hydrogens is 296 g/mol. The van der Waals surface area contributed by atoms with E-state index in [1.54, 1.807) is 0 Å². The lowest BCUT2D eigenvalue weighted by atomic mass is 10.1. The fourth-order valence-electron chi connectivity index (χ4n) is 2.45. The van der Waals surface area contributed by atoms with Gasteiger partial charge in [0.05, 0.1) is 0 Å². The predicted octanol–water partition coefficient (Wildman–Crippen LogP) is 2.69. The number of nitrogens with zero attached hydrogens (tertiary/aromatic N) is 1. The maximum Gasteiger partial charge on any atom is 0.326 e. The van der Waals surface area contributed by atoms with Crippen LogP contribution in [-0.2, 0) is 14.4 Å². The Morgan fingerprint density at radius 3 is 1.74 bits per heavy atom. The summed E-state index contributed by atoms with van der Waals surface area (Å²) in [6, 6.07) is -1.10. The molecule has 1 atom stereocenters. The molecule has 1 unspecified atom stereocenters. The van der Waals surface area contributed by atoms with Crippen molar-refractivity contribution in [2.24, 2.45) is 5.73 Å². The molecule has 0 heterocycles. The third kappa shape index (κ3) is 8.69. The van der Waals surface area contributed by atoms with Gasteiger partial charge in [-0.15, -0.1) is 0 Å². The molecule has 0 saturated carbocycles. The van der Waals surface area contributed by atoms with Crippen molar-refractivity contribution in [2.45, 2.75) is 84.1 Å². The summed E-state index contributed by atoms with van der Waals surface area (Å²) in [7, 11) is 0. The van der Waals surface area contributed by atoms with Gasteiger partial charge in [-0.25, -0.2) is 4.79 Å². The van der Waals surface area contributed by atoms with Crippen LogP contribution in [0.2, 0.25) is 0 Å². The Labute approximate surface area is 139 Å². The summed E-state index contributed by atoms with van der Waals surface area (Å²) in [5.74, 6) is -1.88. The molecule has 0 radical (unpaired) electrons. The summed E-state index contributed by atoms with van der Waals surface area (Å²) < 4.78 is 0. The van der Waals surface area contributed by atoms with Gasteiger partial charge in [-0.2, -0.15) is 0 Å². The van der Waals surface area contributed by atoms with Crippen molar-refractivity contribution in [1.82, 2.24) is 4.90 Å². The SMILES string of the molecule is CCCCCC(=O)N(C(=O)CCCCC)C(CCCN)C(=O)O. The lowest BCUT2D eigenvalue weighted by Crippen LogP contribution is -2.48. The van der Waals surface area contributed by atoms with Crippen LogP contribution in [0.4, 0.5) is 0 Å². The van der Waals surface area contributed by atoms with Gasteiger partial charge in [0.15, 0.2) is 0 Å². The van der Waals surface area contributed by atoms with Gasteiger partial charge >= 0.3 is 5.97 Å². The first-order chi connectivity index (χ1) is 11.0. The van der Waals surface area contributed by atoms with E-state index in [0.29, 0.717) is 25.8 Å². The zero-order chi connectivity index (χ0) is 17.7. The molecular formula is C17H32N2O4. The average molecular weight is 328 g/mol. The van der Waals surface area contributed by atoms with E-state index < -0.39 is 12.0 Å². The van der Waals surface area contributed by atoms with Crippen LogP contribution in [0, 0.1) is 0 Å². The molecule has 0 aliphatic heterocycles. The first kappa shape index (κ1) is 21.6. The average Bonchev–Trinajstić information content (AvgIpc) is 2.51. The summed E-state index contributed by atoms with van der Waals surface area (Å²) in [4.78, 5) is 37.3. The van der Waals surface area contributed by atoms with Crippen LogP contribution in [0.25, 0.3) is 0 Å². The molecule has 0 aliphatic rings. The molecule has 0 saturated heterocycles. The molecule has 0 rings (SSSR count). The molecule has 6 heteroatoms. The quantitative estimate of drug-likeness (QED) is 0.506. The number of imide groups is 1. The maximum atomic E-state index is 12.4.